The topological polar surface area (TPSA) is 49.4 Å². The second-order valence-electron chi connectivity index (χ2n) is 9.98. The van der Waals surface area contributed by atoms with Crippen molar-refractivity contribution in [3.63, 3.8) is 0 Å². The summed E-state index contributed by atoms with van der Waals surface area (Å²) >= 11 is 1.42. The van der Waals surface area contributed by atoms with Gasteiger partial charge in [-0.15, -0.1) is 0 Å². The summed E-state index contributed by atoms with van der Waals surface area (Å²) in [7, 11) is 0. The van der Waals surface area contributed by atoms with Gasteiger partial charge in [0.1, 0.15) is 6.04 Å². The Kier molecular flexibility index (Phi) is 7.63. The molecule has 0 aromatic heterocycles. The lowest BCUT2D eigenvalue weighted by Gasteiger charge is -2.48. The van der Waals surface area contributed by atoms with Crippen molar-refractivity contribution >= 4 is 22.9 Å². The van der Waals surface area contributed by atoms with E-state index >= 15 is 0 Å². The number of urea groups is 1. The van der Waals surface area contributed by atoms with Crippen molar-refractivity contribution in [2.75, 3.05) is 12.3 Å². The van der Waals surface area contributed by atoms with Crippen molar-refractivity contribution in [3.8, 4) is 0 Å². The molecule has 3 atom stereocenters. The van der Waals surface area contributed by atoms with Gasteiger partial charge in [-0.1, -0.05) is 68.3 Å². The predicted octanol–water partition coefficient (Wildman–Crippen LogP) is 5.80. The van der Waals surface area contributed by atoms with Crippen molar-refractivity contribution in [3.05, 3.63) is 35.9 Å². The number of carbonyl (C=O) groups is 2. The molecule has 1 saturated heterocycles. The molecule has 2 unspecified atom stereocenters. The predicted molar refractivity (Wildman–Crippen MR) is 128 cm³/mol. The van der Waals surface area contributed by atoms with Gasteiger partial charge in [-0.05, 0) is 68.8 Å². The fourth-order valence-electron chi connectivity index (χ4n) is 6.18. The zero-order valence-electron chi connectivity index (χ0n) is 19.0. The van der Waals surface area contributed by atoms with Crippen LogP contribution in [0.5, 0.6) is 0 Å². The van der Waals surface area contributed by atoms with Gasteiger partial charge in [0.2, 0.25) is 5.12 Å². The van der Waals surface area contributed by atoms with Crippen LogP contribution in [0.4, 0.5) is 4.79 Å². The van der Waals surface area contributed by atoms with Gasteiger partial charge in [0.05, 0.1) is 0 Å². The number of thioether (sulfide) groups is 1. The highest BCUT2D eigenvalue weighted by molar-refractivity contribution is 8.13. The van der Waals surface area contributed by atoms with Gasteiger partial charge in [0, 0.05) is 17.8 Å². The average molecular weight is 443 g/mol. The first-order chi connectivity index (χ1) is 15.1. The average Bonchev–Trinajstić information content (AvgIpc) is 3.27. The molecule has 170 valence electrons. The second-order valence-corrected chi connectivity index (χ2v) is 11.1. The van der Waals surface area contributed by atoms with Gasteiger partial charge in [-0.3, -0.25) is 4.79 Å². The Balaban J connectivity index is 1.28. The highest BCUT2D eigenvalue weighted by atomic mass is 32.2. The minimum atomic E-state index is -0.251. The van der Waals surface area contributed by atoms with E-state index in [-0.39, 0.29) is 22.7 Å². The van der Waals surface area contributed by atoms with Crippen molar-refractivity contribution in [1.82, 2.24) is 10.2 Å². The summed E-state index contributed by atoms with van der Waals surface area (Å²) in [6, 6.07) is 10.2. The zero-order chi connectivity index (χ0) is 21.7. The number of carbonyl (C=O) groups excluding carboxylic acids is 2. The molecule has 3 aliphatic rings. The Morgan fingerprint density at radius 3 is 2.55 bits per heavy atom. The van der Waals surface area contributed by atoms with E-state index in [0.29, 0.717) is 6.54 Å². The molecule has 1 aromatic carbocycles. The number of nitrogens with zero attached hydrogens (tertiary/aromatic N) is 1. The minimum Gasteiger partial charge on any atom is -0.333 e. The molecule has 1 heterocycles. The van der Waals surface area contributed by atoms with Crippen LogP contribution in [0, 0.1) is 11.8 Å². The summed E-state index contributed by atoms with van der Waals surface area (Å²) in [6.07, 6.45) is 12.3. The third-order valence-corrected chi connectivity index (χ3v) is 8.83. The first-order valence-corrected chi connectivity index (χ1v) is 13.4. The lowest BCUT2D eigenvalue weighted by Crippen LogP contribution is -2.58. The molecule has 2 aliphatic carbocycles. The number of likely N-dealkylation sites (tertiary alicyclic amines) is 1. The SMILES string of the molecule is CCC1(NC(=O)N2CCC[C@H]2C(=O)SCCCc2ccccc2)CC2CCCC(C2)C1. The monoisotopic (exact) mass is 442 g/mol. The van der Waals surface area contributed by atoms with Gasteiger partial charge in [-0.25, -0.2) is 4.79 Å². The smallest absolute Gasteiger partial charge is 0.318 e. The van der Waals surface area contributed by atoms with Crippen LogP contribution in [0.15, 0.2) is 30.3 Å². The fourth-order valence-corrected chi connectivity index (χ4v) is 7.11. The summed E-state index contributed by atoms with van der Waals surface area (Å²) in [5.74, 6) is 2.36. The molecule has 4 nitrogen and oxygen atoms in total. The maximum Gasteiger partial charge on any atom is 0.318 e. The standard InChI is InChI=1S/C26H38N2O2S/c1-2-26(18-21-11-6-12-22(17-21)19-26)27-25(30)28-15-7-14-23(28)24(29)31-16-8-13-20-9-4-3-5-10-20/h3-5,9-10,21-23H,2,6-8,11-19H2,1H3,(H,27,30)/t21?,22?,23-,26?/m0/s1. The van der Waals surface area contributed by atoms with E-state index in [4.69, 9.17) is 0 Å². The molecule has 31 heavy (non-hydrogen) atoms. The molecule has 1 aliphatic heterocycles. The molecule has 4 rings (SSSR count). The van der Waals surface area contributed by atoms with Crippen LogP contribution in [-0.4, -0.2) is 39.9 Å². The third kappa shape index (κ3) is 5.66. The summed E-state index contributed by atoms with van der Waals surface area (Å²) in [4.78, 5) is 28.0. The summed E-state index contributed by atoms with van der Waals surface area (Å²) < 4.78 is 0. The fraction of sp³-hybridized carbons (Fsp3) is 0.692. The van der Waals surface area contributed by atoms with E-state index in [2.05, 4.69) is 36.5 Å². The van der Waals surface area contributed by atoms with E-state index in [0.717, 1.165) is 62.5 Å². The number of nitrogens with one attached hydrogen (secondary N) is 1. The van der Waals surface area contributed by atoms with Crippen LogP contribution in [0.25, 0.3) is 0 Å². The van der Waals surface area contributed by atoms with Gasteiger partial charge >= 0.3 is 6.03 Å². The van der Waals surface area contributed by atoms with Gasteiger partial charge in [-0.2, -0.15) is 0 Å². The molecular weight excluding hydrogens is 404 g/mol. The van der Waals surface area contributed by atoms with Gasteiger partial charge in [0.15, 0.2) is 0 Å². The van der Waals surface area contributed by atoms with Crippen LogP contribution in [0.3, 0.4) is 0 Å². The Hall–Kier alpha value is -1.49. The molecule has 1 N–H and O–H groups in total. The van der Waals surface area contributed by atoms with E-state index in [9.17, 15) is 9.59 Å². The highest BCUT2D eigenvalue weighted by Crippen LogP contribution is 2.45. The van der Waals surface area contributed by atoms with Crippen LogP contribution in [0.1, 0.15) is 76.7 Å². The first kappa shape index (κ1) is 22.7. The Morgan fingerprint density at radius 2 is 1.84 bits per heavy atom. The quantitative estimate of drug-likeness (QED) is 0.543. The van der Waals surface area contributed by atoms with Crippen LogP contribution in [0.2, 0.25) is 0 Å². The van der Waals surface area contributed by atoms with Gasteiger partial charge in [0.25, 0.3) is 0 Å². The Bertz CT molecular complexity index is 741. The first-order valence-electron chi connectivity index (χ1n) is 12.4. The van der Waals surface area contributed by atoms with Crippen LogP contribution < -0.4 is 5.32 Å². The van der Waals surface area contributed by atoms with E-state index < -0.39 is 0 Å². The van der Waals surface area contributed by atoms with E-state index in [1.807, 2.05) is 11.0 Å². The molecule has 2 saturated carbocycles. The van der Waals surface area contributed by atoms with E-state index in [1.54, 1.807) is 0 Å². The van der Waals surface area contributed by atoms with Gasteiger partial charge < -0.3 is 10.2 Å². The van der Waals surface area contributed by atoms with Crippen LogP contribution in [-0.2, 0) is 11.2 Å². The number of benzene rings is 1. The van der Waals surface area contributed by atoms with Crippen molar-refractivity contribution in [1.29, 1.82) is 0 Å². The molecule has 0 radical (unpaired) electrons. The Labute approximate surface area is 191 Å². The van der Waals surface area contributed by atoms with E-state index in [1.165, 1.54) is 43.0 Å². The lowest BCUT2D eigenvalue weighted by atomic mass is 9.64. The highest BCUT2D eigenvalue weighted by Gasteiger charge is 2.44. The molecule has 2 bridgehead atoms. The number of amides is 2. The molecule has 0 spiro atoms. The Morgan fingerprint density at radius 1 is 1.10 bits per heavy atom. The largest absolute Gasteiger partial charge is 0.333 e. The van der Waals surface area contributed by atoms with Crippen LogP contribution >= 0.6 is 11.8 Å². The molecular formula is C26H38N2O2S. The molecule has 3 fully saturated rings. The number of fused-ring (bicyclic) bond motifs is 2. The normalized spacial score (nSPS) is 30.2. The number of hydrogen-bond acceptors (Lipinski definition) is 3. The summed E-state index contributed by atoms with van der Waals surface area (Å²) in [6.45, 7) is 2.93. The number of aryl methyl sites for hydroxylation is 1. The number of rotatable bonds is 7. The summed E-state index contributed by atoms with van der Waals surface area (Å²) in [5, 5.41) is 3.62. The zero-order valence-corrected chi connectivity index (χ0v) is 19.8. The van der Waals surface area contributed by atoms with Crippen molar-refractivity contribution in [2.24, 2.45) is 11.8 Å². The summed E-state index contributed by atoms with van der Waals surface area (Å²) in [5.41, 5.74) is 1.25. The molecule has 2 amide bonds. The minimum absolute atomic E-state index is 0.00237. The molecule has 1 aromatic rings. The maximum atomic E-state index is 13.3. The molecule has 5 heteroatoms. The van der Waals surface area contributed by atoms with Crippen molar-refractivity contribution < 1.29 is 9.59 Å². The lowest BCUT2D eigenvalue weighted by molar-refractivity contribution is -0.114. The number of hydrogen-bond donors (Lipinski definition) is 1. The maximum absolute atomic E-state index is 13.3. The third-order valence-electron chi connectivity index (χ3n) is 7.78. The van der Waals surface area contributed by atoms with Crippen molar-refractivity contribution in [2.45, 2.75) is 89.1 Å². The second kappa shape index (κ2) is 10.4.